The molecule has 0 amide bonds. The molecule has 0 aromatic heterocycles. The predicted molar refractivity (Wildman–Crippen MR) is 156 cm³/mol. The average molecular weight is 530 g/mol. The van der Waals surface area contributed by atoms with Gasteiger partial charge in [-0.05, 0) is 55.1 Å². The van der Waals surface area contributed by atoms with Crippen LogP contribution in [0, 0.1) is 23.2 Å². The number of nitrogens with zero attached hydrogens (tertiary/aromatic N) is 1. The molecule has 0 radical (unpaired) electrons. The van der Waals surface area contributed by atoms with Crippen LogP contribution in [0.15, 0.2) is 47.3 Å². The number of carbonyl (C=O) groups is 2. The van der Waals surface area contributed by atoms with E-state index in [1.54, 1.807) is 0 Å². The monoisotopic (exact) mass is 529 g/mol. The first kappa shape index (κ1) is 28.7. The van der Waals surface area contributed by atoms with Crippen LogP contribution in [0.4, 0.5) is 0 Å². The maximum atomic E-state index is 14.0. The molecule has 0 unspecified atom stereocenters. The minimum atomic E-state index is -0.431. The molecule has 0 fully saturated rings. The molecule has 0 bridgehead atoms. The minimum absolute atomic E-state index is 0.116. The topological polar surface area (TPSA) is 55.8 Å². The van der Waals surface area contributed by atoms with Gasteiger partial charge in [0.1, 0.15) is 6.61 Å². The summed E-state index contributed by atoms with van der Waals surface area (Å²) in [7, 11) is 0. The lowest BCUT2D eigenvalue weighted by atomic mass is 9.63. The fourth-order valence-corrected chi connectivity index (χ4v) is 6.57. The van der Waals surface area contributed by atoms with Crippen molar-refractivity contribution in [1.29, 1.82) is 0 Å². The van der Waals surface area contributed by atoms with E-state index in [0.717, 1.165) is 59.5 Å². The largest absolute Gasteiger partial charge is 0.490 e. The third-order valence-corrected chi connectivity index (χ3v) is 7.92. The van der Waals surface area contributed by atoms with E-state index in [1.807, 2.05) is 19.1 Å². The van der Waals surface area contributed by atoms with E-state index in [-0.39, 0.29) is 29.0 Å². The smallest absolute Gasteiger partial charge is 0.166 e. The Morgan fingerprint density at radius 1 is 1.00 bits per heavy atom. The van der Waals surface area contributed by atoms with E-state index < -0.39 is 5.92 Å². The molecule has 208 valence electrons. The molecule has 5 heteroatoms. The Labute approximate surface area is 234 Å². The Morgan fingerprint density at radius 3 is 2.08 bits per heavy atom. The van der Waals surface area contributed by atoms with Crippen LogP contribution in [0.25, 0.3) is 0 Å². The highest BCUT2D eigenvalue weighted by Crippen LogP contribution is 2.55. The van der Waals surface area contributed by atoms with Gasteiger partial charge in [0.05, 0.1) is 6.61 Å². The predicted octanol–water partition coefficient (Wildman–Crippen LogP) is 6.92. The molecule has 2 aliphatic carbocycles. The van der Waals surface area contributed by atoms with Gasteiger partial charge in [-0.2, -0.15) is 0 Å². The Morgan fingerprint density at radius 2 is 1.59 bits per heavy atom. The number of hydrogen-bond donors (Lipinski definition) is 0. The molecule has 1 aliphatic heterocycles. The molecule has 1 aromatic carbocycles. The molecule has 0 atom stereocenters. The first-order valence-electron chi connectivity index (χ1n) is 14.2. The van der Waals surface area contributed by atoms with Gasteiger partial charge in [-0.1, -0.05) is 52.7 Å². The van der Waals surface area contributed by atoms with Crippen molar-refractivity contribution in [2.45, 2.75) is 86.0 Å². The summed E-state index contributed by atoms with van der Waals surface area (Å²) < 4.78 is 12.0. The van der Waals surface area contributed by atoms with Crippen LogP contribution in [0.3, 0.4) is 0 Å². The first-order valence-corrected chi connectivity index (χ1v) is 14.2. The number of rotatable bonds is 9. The van der Waals surface area contributed by atoms with E-state index in [4.69, 9.17) is 15.9 Å². The summed E-state index contributed by atoms with van der Waals surface area (Å²) in [6, 6.07) is 4.02. The maximum Gasteiger partial charge on any atom is 0.166 e. The van der Waals surface area contributed by atoms with Gasteiger partial charge in [0.25, 0.3) is 0 Å². The van der Waals surface area contributed by atoms with Crippen LogP contribution in [-0.2, 0) is 16.0 Å². The van der Waals surface area contributed by atoms with Gasteiger partial charge in [0.2, 0.25) is 0 Å². The quantitative estimate of drug-likeness (QED) is 0.257. The Balaban J connectivity index is 2.03. The highest BCUT2D eigenvalue weighted by molar-refractivity contribution is 6.06. The summed E-state index contributed by atoms with van der Waals surface area (Å²) >= 11 is 0. The summed E-state index contributed by atoms with van der Waals surface area (Å²) in [4.78, 5) is 30.3. The lowest BCUT2D eigenvalue weighted by Gasteiger charge is -2.49. The fraction of sp³-hybridized carbons (Fsp3) is 0.529. The Bertz CT molecular complexity index is 1230. The van der Waals surface area contributed by atoms with Crippen LogP contribution in [0.5, 0.6) is 11.5 Å². The second-order valence-electron chi connectivity index (χ2n) is 12.6. The number of Topliss-reactive ketones (excluding diaryl/α,β-unsaturated/α-hetero) is 2. The maximum absolute atomic E-state index is 14.0. The lowest BCUT2D eigenvalue weighted by molar-refractivity contribution is -0.119. The van der Waals surface area contributed by atoms with E-state index in [9.17, 15) is 9.59 Å². The highest BCUT2D eigenvalue weighted by atomic mass is 16.5. The van der Waals surface area contributed by atoms with Gasteiger partial charge < -0.3 is 14.4 Å². The zero-order valence-electron chi connectivity index (χ0n) is 24.5. The van der Waals surface area contributed by atoms with E-state index in [1.165, 1.54) is 0 Å². The van der Waals surface area contributed by atoms with E-state index in [2.05, 4.69) is 58.1 Å². The van der Waals surface area contributed by atoms with Crippen molar-refractivity contribution in [3.8, 4) is 23.8 Å². The van der Waals surface area contributed by atoms with Crippen molar-refractivity contribution in [3.63, 3.8) is 0 Å². The van der Waals surface area contributed by atoms with Crippen LogP contribution in [0.2, 0.25) is 0 Å². The molecule has 1 aromatic rings. The van der Waals surface area contributed by atoms with Gasteiger partial charge in [-0.25, -0.2) is 0 Å². The third kappa shape index (κ3) is 5.57. The van der Waals surface area contributed by atoms with Crippen molar-refractivity contribution in [1.82, 2.24) is 4.90 Å². The zero-order valence-corrected chi connectivity index (χ0v) is 24.5. The van der Waals surface area contributed by atoms with E-state index in [0.29, 0.717) is 37.4 Å². The SMILES string of the molecule is C#CCOc1c(CC=C)cc(C2C3=C(CC(C)(C)CC3=O)N(CCC)C3=C2C(=O)CC(C)(C)C3)cc1OCC. The van der Waals surface area contributed by atoms with Crippen molar-refractivity contribution >= 4 is 11.6 Å². The molecule has 0 saturated heterocycles. The molecule has 3 aliphatic rings. The van der Waals surface area contributed by atoms with Gasteiger partial charge in [0, 0.05) is 53.4 Å². The van der Waals surface area contributed by atoms with Gasteiger partial charge in [-0.3, -0.25) is 9.59 Å². The summed E-state index contributed by atoms with van der Waals surface area (Å²) in [6.07, 6.45) is 11.3. The van der Waals surface area contributed by atoms with Crippen molar-refractivity contribution in [2.24, 2.45) is 10.8 Å². The minimum Gasteiger partial charge on any atom is -0.490 e. The second kappa shape index (κ2) is 11.1. The van der Waals surface area contributed by atoms with Crippen LogP contribution < -0.4 is 9.47 Å². The molecule has 0 saturated carbocycles. The number of ether oxygens (including phenoxy) is 2. The Kier molecular flexibility index (Phi) is 8.17. The molecular weight excluding hydrogens is 486 g/mol. The fourth-order valence-electron chi connectivity index (χ4n) is 6.57. The first-order chi connectivity index (χ1) is 18.5. The summed E-state index contributed by atoms with van der Waals surface area (Å²) in [5, 5.41) is 0. The standard InChI is InChI=1S/C34H43NO4/c1-9-13-22-16-23(17-28(38-12-4)32(22)39-15-11-3)29-30-24(18-33(5,6)20-26(30)36)35(14-10-2)25-19-34(7,8)21-27(37)31(25)29/h3,9,16-17,29H,1,10,12-15,18-21H2,2,4-8H3. The normalized spacial score (nSPS) is 20.4. The molecule has 5 nitrogen and oxygen atoms in total. The number of allylic oxidation sites excluding steroid dienone is 5. The van der Waals surface area contributed by atoms with Crippen LogP contribution in [0.1, 0.15) is 90.7 Å². The summed E-state index contributed by atoms with van der Waals surface area (Å²) in [5.41, 5.74) is 5.21. The van der Waals surface area contributed by atoms with E-state index >= 15 is 0 Å². The number of hydrogen-bond acceptors (Lipinski definition) is 5. The molecule has 0 N–H and O–H groups in total. The van der Waals surface area contributed by atoms with Crippen molar-refractivity contribution in [2.75, 3.05) is 19.8 Å². The summed E-state index contributed by atoms with van der Waals surface area (Å²) in [5.74, 6) is 3.54. The number of benzene rings is 1. The summed E-state index contributed by atoms with van der Waals surface area (Å²) in [6.45, 7) is 18.0. The molecule has 0 spiro atoms. The molecule has 4 rings (SSSR count). The molecule has 1 heterocycles. The zero-order chi connectivity index (χ0) is 28.5. The lowest BCUT2D eigenvalue weighted by Crippen LogP contribution is -2.44. The second-order valence-corrected chi connectivity index (χ2v) is 12.6. The van der Waals surface area contributed by atoms with Gasteiger partial charge >= 0.3 is 0 Å². The molecular formula is C34H43NO4. The average Bonchev–Trinajstić information content (AvgIpc) is 2.83. The highest BCUT2D eigenvalue weighted by Gasteiger charge is 2.49. The number of carbonyl (C=O) groups excluding carboxylic acids is 2. The van der Waals surface area contributed by atoms with Crippen LogP contribution in [-0.4, -0.2) is 36.2 Å². The van der Waals surface area contributed by atoms with Crippen molar-refractivity contribution in [3.05, 3.63) is 58.5 Å². The van der Waals surface area contributed by atoms with Gasteiger partial charge in [0.15, 0.2) is 23.1 Å². The molecule has 39 heavy (non-hydrogen) atoms. The van der Waals surface area contributed by atoms with Crippen molar-refractivity contribution < 1.29 is 19.1 Å². The van der Waals surface area contributed by atoms with Crippen LogP contribution >= 0.6 is 0 Å². The third-order valence-electron chi connectivity index (χ3n) is 7.92. The van der Waals surface area contributed by atoms with Gasteiger partial charge in [-0.15, -0.1) is 13.0 Å². The number of ketones is 2. The Hall–Kier alpha value is -3.26. The number of terminal acetylenes is 1.